The number of carboxylic acid groups (broad SMARTS) is 1. The number of halogens is 1. The fourth-order valence-electron chi connectivity index (χ4n) is 3.14. The van der Waals surface area contributed by atoms with E-state index in [1.807, 2.05) is 18.9 Å². The van der Waals surface area contributed by atoms with Crippen LogP contribution in [0.25, 0.3) is 10.9 Å². The molecule has 7 nitrogen and oxygen atoms in total. The van der Waals surface area contributed by atoms with Crippen LogP contribution in [0.2, 0.25) is 0 Å². The number of nitrogens with zero attached hydrogens (tertiary/aromatic N) is 3. The summed E-state index contributed by atoms with van der Waals surface area (Å²) in [5.41, 5.74) is 2.93. The van der Waals surface area contributed by atoms with Gasteiger partial charge in [-0.15, -0.1) is 0 Å². The van der Waals surface area contributed by atoms with Crippen molar-refractivity contribution in [1.29, 1.82) is 0 Å². The highest BCUT2D eigenvalue weighted by Crippen LogP contribution is 2.25. The average Bonchev–Trinajstić information content (AvgIpc) is 2.61. The Kier molecular flexibility index (Phi) is 5.13. The summed E-state index contributed by atoms with van der Waals surface area (Å²) in [6.07, 6.45) is 2.09. The van der Waals surface area contributed by atoms with E-state index in [1.54, 1.807) is 6.07 Å². The molecule has 1 aliphatic rings. The van der Waals surface area contributed by atoms with Crippen LogP contribution in [-0.2, 0) is 0 Å². The number of hydrogen-bond donors (Lipinski definition) is 2. The lowest BCUT2D eigenvalue weighted by Crippen LogP contribution is -2.44. The van der Waals surface area contributed by atoms with Crippen LogP contribution in [0.15, 0.2) is 23.1 Å². The maximum Gasteiger partial charge on any atom is 0.341 e. The molecular weight excluding hydrogens is 339 g/mol. The highest BCUT2D eigenvalue weighted by Gasteiger charge is 2.21. The predicted molar refractivity (Wildman–Crippen MR) is 99.4 cm³/mol. The van der Waals surface area contributed by atoms with Gasteiger partial charge in [0.2, 0.25) is 5.43 Å². The molecule has 1 aromatic carbocycles. The minimum Gasteiger partial charge on any atom is -0.477 e. The number of fused-ring (bicyclic) bond motifs is 1. The van der Waals surface area contributed by atoms with E-state index in [9.17, 15) is 19.1 Å². The topological polar surface area (TPSA) is 77.8 Å². The minimum absolute atomic E-state index is 0.0591. The third kappa shape index (κ3) is 3.37. The molecule has 0 amide bonds. The maximum absolute atomic E-state index is 14.7. The van der Waals surface area contributed by atoms with Crippen LogP contribution < -0.4 is 15.8 Å². The molecule has 1 aromatic heterocycles. The maximum atomic E-state index is 14.7. The minimum atomic E-state index is -1.33. The van der Waals surface area contributed by atoms with Crippen molar-refractivity contribution >= 4 is 22.6 Å². The lowest BCUT2D eigenvalue weighted by atomic mass is 10.1. The van der Waals surface area contributed by atoms with E-state index in [1.165, 1.54) is 10.9 Å². The van der Waals surface area contributed by atoms with Crippen LogP contribution in [0.1, 0.15) is 23.7 Å². The molecule has 3 rings (SSSR count). The molecule has 0 atom stereocenters. The predicted octanol–water partition coefficient (Wildman–Crippen LogP) is 1.54. The van der Waals surface area contributed by atoms with Gasteiger partial charge in [-0.05, 0) is 25.6 Å². The second-order valence-electron chi connectivity index (χ2n) is 6.57. The first kappa shape index (κ1) is 18.2. The Morgan fingerprint density at radius 1 is 1.27 bits per heavy atom. The van der Waals surface area contributed by atoms with Crippen molar-refractivity contribution in [1.82, 2.24) is 9.58 Å². The number of aromatic nitrogens is 1. The van der Waals surface area contributed by atoms with Crippen molar-refractivity contribution in [3.8, 4) is 0 Å². The normalized spacial score (nSPS) is 15.4. The molecule has 0 spiro atoms. The number of carbonyl (C=O) groups is 1. The lowest BCUT2D eigenvalue weighted by molar-refractivity contribution is 0.0695. The van der Waals surface area contributed by atoms with Gasteiger partial charge < -0.3 is 20.3 Å². The summed E-state index contributed by atoms with van der Waals surface area (Å²) in [5, 5.41) is 9.34. The Hall–Kier alpha value is -2.61. The molecule has 26 heavy (non-hydrogen) atoms. The highest BCUT2D eigenvalue weighted by atomic mass is 19.1. The molecular formula is C18H23FN4O3. The van der Waals surface area contributed by atoms with Crippen molar-refractivity contribution in [3.63, 3.8) is 0 Å². The number of nitrogens with one attached hydrogen (secondary N) is 1. The van der Waals surface area contributed by atoms with E-state index in [4.69, 9.17) is 0 Å². The van der Waals surface area contributed by atoms with Gasteiger partial charge >= 0.3 is 5.97 Å². The molecule has 140 valence electrons. The summed E-state index contributed by atoms with van der Waals surface area (Å²) in [6.45, 7) is 5.62. The van der Waals surface area contributed by atoms with E-state index >= 15 is 0 Å². The van der Waals surface area contributed by atoms with Gasteiger partial charge in [-0.1, -0.05) is 6.92 Å². The first-order chi connectivity index (χ1) is 12.4. The first-order valence-electron chi connectivity index (χ1n) is 8.72. The quantitative estimate of drug-likeness (QED) is 0.840. The Bertz CT molecular complexity index is 888. The molecule has 2 N–H and O–H groups in total. The number of pyridine rings is 1. The van der Waals surface area contributed by atoms with Crippen LogP contribution in [0.3, 0.4) is 0 Å². The highest BCUT2D eigenvalue weighted by molar-refractivity contribution is 5.93. The zero-order valence-electron chi connectivity index (χ0n) is 15.0. The Balaban J connectivity index is 2.16. The van der Waals surface area contributed by atoms with E-state index in [-0.39, 0.29) is 10.9 Å². The number of benzene rings is 1. The van der Waals surface area contributed by atoms with Gasteiger partial charge in [0.15, 0.2) is 0 Å². The zero-order chi connectivity index (χ0) is 18.8. The van der Waals surface area contributed by atoms with Crippen LogP contribution in [0.5, 0.6) is 0 Å². The number of carboxylic acids is 1. The monoisotopic (exact) mass is 362 g/mol. The van der Waals surface area contributed by atoms with Gasteiger partial charge in [0.05, 0.1) is 16.6 Å². The average molecular weight is 362 g/mol. The second kappa shape index (κ2) is 7.33. The van der Waals surface area contributed by atoms with Crippen molar-refractivity contribution < 1.29 is 14.3 Å². The summed E-state index contributed by atoms with van der Waals surface area (Å²) in [6, 6.07) is 2.79. The molecule has 1 aliphatic heterocycles. The van der Waals surface area contributed by atoms with Crippen molar-refractivity contribution in [2.45, 2.75) is 13.3 Å². The van der Waals surface area contributed by atoms with Crippen molar-refractivity contribution in [2.75, 3.05) is 50.1 Å². The molecule has 1 saturated heterocycles. The van der Waals surface area contributed by atoms with Gasteiger partial charge in [0, 0.05) is 38.9 Å². The van der Waals surface area contributed by atoms with E-state index in [0.29, 0.717) is 30.8 Å². The molecule has 8 heteroatoms. The third-order valence-corrected chi connectivity index (χ3v) is 4.68. The Labute approximate surface area is 150 Å². The summed E-state index contributed by atoms with van der Waals surface area (Å²) < 4.78 is 16.2. The summed E-state index contributed by atoms with van der Waals surface area (Å²) >= 11 is 0. The largest absolute Gasteiger partial charge is 0.477 e. The number of rotatable bonds is 5. The standard InChI is InChI=1S/C18H23FN4O3/c1-3-4-20-23-11-13(18(25)26)17(24)12-9-14(19)16(10-15(12)23)22-7-5-21(2)6-8-22/h9-11,20H,3-8H2,1-2H3,(H,25,26). The van der Waals surface area contributed by atoms with Crippen LogP contribution in [-0.4, -0.2) is 60.4 Å². The van der Waals surface area contributed by atoms with E-state index in [0.717, 1.165) is 25.6 Å². The Morgan fingerprint density at radius 3 is 2.58 bits per heavy atom. The number of aromatic carboxylic acids is 1. The van der Waals surface area contributed by atoms with Gasteiger partial charge in [0.1, 0.15) is 11.4 Å². The van der Waals surface area contributed by atoms with Gasteiger partial charge in [-0.2, -0.15) is 0 Å². The summed E-state index contributed by atoms with van der Waals surface area (Å²) in [7, 11) is 2.02. The molecule has 2 aromatic rings. The zero-order valence-corrected chi connectivity index (χ0v) is 15.0. The number of anilines is 1. The molecule has 2 heterocycles. The van der Waals surface area contributed by atoms with Crippen LogP contribution in [0.4, 0.5) is 10.1 Å². The van der Waals surface area contributed by atoms with E-state index in [2.05, 4.69) is 10.3 Å². The molecule has 0 aliphatic carbocycles. The fraction of sp³-hybridized carbons (Fsp3) is 0.444. The first-order valence-corrected chi connectivity index (χ1v) is 8.72. The molecule has 0 unspecified atom stereocenters. The van der Waals surface area contributed by atoms with Crippen LogP contribution in [0, 0.1) is 5.82 Å². The summed E-state index contributed by atoms with van der Waals surface area (Å²) in [5.74, 6) is -1.84. The lowest BCUT2D eigenvalue weighted by Gasteiger charge is -2.34. The fourth-order valence-corrected chi connectivity index (χ4v) is 3.14. The summed E-state index contributed by atoms with van der Waals surface area (Å²) in [4.78, 5) is 28.0. The van der Waals surface area contributed by atoms with Gasteiger partial charge in [-0.25, -0.2) is 9.18 Å². The molecule has 1 fully saturated rings. The SMILES string of the molecule is CCCNn1cc(C(=O)O)c(=O)c2cc(F)c(N3CCN(C)CC3)cc21. The van der Waals surface area contributed by atoms with Crippen molar-refractivity contribution in [3.05, 3.63) is 39.9 Å². The van der Waals surface area contributed by atoms with Gasteiger partial charge in [0.25, 0.3) is 0 Å². The smallest absolute Gasteiger partial charge is 0.341 e. The van der Waals surface area contributed by atoms with Crippen molar-refractivity contribution in [2.24, 2.45) is 0 Å². The van der Waals surface area contributed by atoms with E-state index < -0.39 is 17.2 Å². The van der Waals surface area contributed by atoms with Crippen LogP contribution >= 0.6 is 0 Å². The molecule has 0 saturated carbocycles. The second-order valence-corrected chi connectivity index (χ2v) is 6.57. The molecule has 0 radical (unpaired) electrons. The number of likely N-dealkylation sites (N-methyl/N-ethyl adjacent to an activating group) is 1. The number of piperazine rings is 1. The third-order valence-electron chi connectivity index (χ3n) is 4.68. The van der Waals surface area contributed by atoms with Gasteiger partial charge in [-0.3, -0.25) is 9.47 Å². The number of hydrogen-bond acceptors (Lipinski definition) is 5. The molecule has 0 bridgehead atoms. The Morgan fingerprint density at radius 2 is 1.96 bits per heavy atom.